The Morgan fingerprint density at radius 2 is 1.67 bits per heavy atom. The number of hydrogen-bond acceptors (Lipinski definition) is 2. The predicted molar refractivity (Wildman–Crippen MR) is 107 cm³/mol. The van der Waals surface area contributed by atoms with Crippen molar-refractivity contribution in [3.63, 3.8) is 0 Å². The van der Waals surface area contributed by atoms with E-state index in [4.69, 9.17) is 9.47 Å². The maximum absolute atomic E-state index is 14.1. The topological polar surface area (TPSA) is 18.5 Å². The summed E-state index contributed by atoms with van der Waals surface area (Å²) in [5.74, 6) is 0.429. The van der Waals surface area contributed by atoms with Crippen molar-refractivity contribution >= 4 is 0 Å². The van der Waals surface area contributed by atoms with Crippen LogP contribution >= 0.6 is 0 Å². The summed E-state index contributed by atoms with van der Waals surface area (Å²) in [6.07, 6.45) is 0. The lowest BCUT2D eigenvalue weighted by Gasteiger charge is -2.25. The van der Waals surface area contributed by atoms with Crippen molar-refractivity contribution in [3.05, 3.63) is 95.3 Å². The number of hydrogen-bond donors (Lipinski definition) is 0. The van der Waals surface area contributed by atoms with E-state index in [1.165, 1.54) is 17.2 Å². The van der Waals surface area contributed by atoms with Crippen molar-refractivity contribution in [2.24, 2.45) is 0 Å². The highest BCUT2D eigenvalue weighted by atomic mass is 19.1. The van der Waals surface area contributed by atoms with E-state index in [1.807, 2.05) is 18.2 Å². The van der Waals surface area contributed by atoms with Crippen LogP contribution in [-0.2, 0) is 16.8 Å². The normalized spacial score (nSPS) is 11.4. The van der Waals surface area contributed by atoms with Crippen LogP contribution in [0.15, 0.2) is 72.8 Å². The van der Waals surface area contributed by atoms with Crippen molar-refractivity contribution in [2.75, 3.05) is 6.61 Å². The van der Waals surface area contributed by atoms with E-state index in [0.717, 1.165) is 5.56 Å². The third kappa shape index (κ3) is 5.18. The van der Waals surface area contributed by atoms with Gasteiger partial charge < -0.3 is 9.47 Å². The van der Waals surface area contributed by atoms with Gasteiger partial charge in [-0.1, -0.05) is 67.9 Å². The van der Waals surface area contributed by atoms with E-state index >= 15 is 0 Å². The molecule has 0 fully saturated rings. The Morgan fingerprint density at radius 3 is 2.41 bits per heavy atom. The fourth-order valence-corrected chi connectivity index (χ4v) is 2.90. The van der Waals surface area contributed by atoms with Crippen LogP contribution in [0.4, 0.5) is 4.39 Å². The number of para-hydroxylation sites is 1. The first-order chi connectivity index (χ1) is 12.9. The van der Waals surface area contributed by atoms with Crippen molar-refractivity contribution in [3.8, 4) is 11.5 Å². The molecule has 0 aliphatic rings. The number of ether oxygens (including phenoxy) is 2. The zero-order valence-electron chi connectivity index (χ0n) is 16.0. The Balaban J connectivity index is 1.63. The molecule has 0 atom stereocenters. The first-order valence-electron chi connectivity index (χ1n) is 9.10. The molecule has 0 unspecified atom stereocenters. The van der Waals surface area contributed by atoms with Crippen LogP contribution in [0.3, 0.4) is 0 Å². The molecule has 140 valence electrons. The molecule has 27 heavy (non-hydrogen) atoms. The minimum atomic E-state index is -0.386. The van der Waals surface area contributed by atoms with E-state index < -0.39 is 0 Å². The largest absolute Gasteiger partial charge is 0.454 e. The maximum Gasteiger partial charge on any atom is 0.165 e. The second-order valence-corrected chi connectivity index (χ2v) is 7.43. The first kappa shape index (κ1) is 19.1. The highest BCUT2D eigenvalue weighted by molar-refractivity contribution is 5.35. The molecule has 0 aliphatic heterocycles. The van der Waals surface area contributed by atoms with Gasteiger partial charge in [0, 0.05) is 5.41 Å². The van der Waals surface area contributed by atoms with Crippen molar-refractivity contribution in [1.29, 1.82) is 0 Å². The lowest BCUT2D eigenvalue weighted by molar-refractivity contribution is 0.0823. The van der Waals surface area contributed by atoms with E-state index in [-0.39, 0.29) is 17.0 Å². The second-order valence-electron chi connectivity index (χ2n) is 7.43. The van der Waals surface area contributed by atoms with Crippen LogP contribution in [0.1, 0.15) is 30.5 Å². The van der Waals surface area contributed by atoms with Crippen LogP contribution in [0.5, 0.6) is 11.5 Å². The van der Waals surface area contributed by atoms with E-state index in [9.17, 15) is 4.39 Å². The summed E-state index contributed by atoms with van der Waals surface area (Å²) >= 11 is 0. The summed E-state index contributed by atoms with van der Waals surface area (Å²) in [7, 11) is 0. The third-order valence-corrected chi connectivity index (χ3v) is 4.50. The van der Waals surface area contributed by atoms with Gasteiger partial charge in [0.05, 0.1) is 13.2 Å². The molecular weight excluding hydrogens is 339 g/mol. The number of rotatable bonds is 7. The molecule has 0 amide bonds. The van der Waals surface area contributed by atoms with Gasteiger partial charge in [-0.15, -0.1) is 0 Å². The number of benzene rings is 3. The fraction of sp³-hybridized carbons (Fsp3) is 0.250. The van der Waals surface area contributed by atoms with Gasteiger partial charge in [0.1, 0.15) is 5.75 Å². The Labute approximate surface area is 160 Å². The molecule has 0 radical (unpaired) electrons. The Hall–Kier alpha value is -2.65. The van der Waals surface area contributed by atoms with Gasteiger partial charge in [0.25, 0.3) is 0 Å². The van der Waals surface area contributed by atoms with Gasteiger partial charge in [0.15, 0.2) is 11.6 Å². The summed E-state index contributed by atoms with van der Waals surface area (Å²) < 4.78 is 25.7. The second kappa shape index (κ2) is 8.36. The molecular formula is C24H25FO2. The minimum Gasteiger partial charge on any atom is -0.454 e. The molecule has 3 aromatic carbocycles. The summed E-state index contributed by atoms with van der Waals surface area (Å²) in [6, 6.07) is 22.5. The fourth-order valence-electron chi connectivity index (χ4n) is 2.90. The smallest absolute Gasteiger partial charge is 0.165 e. The molecule has 0 N–H and O–H groups in total. The molecule has 2 nitrogen and oxygen atoms in total. The van der Waals surface area contributed by atoms with Gasteiger partial charge in [-0.3, -0.25) is 0 Å². The van der Waals surface area contributed by atoms with Gasteiger partial charge in [-0.05, 0) is 42.3 Å². The maximum atomic E-state index is 14.1. The van der Waals surface area contributed by atoms with E-state index in [1.54, 1.807) is 24.3 Å². The molecule has 0 aromatic heterocycles. The molecule has 0 heterocycles. The lowest BCUT2D eigenvalue weighted by Crippen LogP contribution is -2.24. The molecule has 0 saturated heterocycles. The molecule has 3 rings (SSSR count). The van der Waals surface area contributed by atoms with E-state index in [0.29, 0.717) is 19.0 Å². The molecule has 3 heteroatoms. The van der Waals surface area contributed by atoms with Gasteiger partial charge >= 0.3 is 0 Å². The summed E-state index contributed by atoms with van der Waals surface area (Å²) in [4.78, 5) is 0. The quantitative estimate of drug-likeness (QED) is 0.481. The van der Waals surface area contributed by atoms with Crippen molar-refractivity contribution < 1.29 is 13.9 Å². The molecule has 0 spiro atoms. The SMILES string of the molecule is Cc1cccc(C(C)(C)COCc2ccc(F)c(Oc3ccccc3)c2)c1. The molecule has 0 aliphatic carbocycles. The predicted octanol–water partition coefficient (Wildman–Crippen LogP) is 6.42. The van der Waals surface area contributed by atoms with Crippen LogP contribution in [0.25, 0.3) is 0 Å². The van der Waals surface area contributed by atoms with Crippen LogP contribution in [0.2, 0.25) is 0 Å². The van der Waals surface area contributed by atoms with Gasteiger partial charge in [-0.25, -0.2) is 4.39 Å². The van der Waals surface area contributed by atoms with Gasteiger partial charge in [0.2, 0.25) is 0 Å². The third-order valence-electron chi connectivity index (χ3n) is 4.50. The average Bonchev–Trinajstić information content (AvgIpc) is 2.65. The number of halogens is 1. The average molecular weight is 364 g/mol. The highest BCUT2D eigenvalue weighted by Gasteiger charge is 2.21. The molecule has 3 aromatic rings. The minimum absolute atomic E-state index is 0.102. The van der Waals surface area contributed by atoms with Crippen LogP contribution < -0.4 is 4.74 Å². The van der Waals surface area contributed by atoms with Gasteiger partial charge in [-0.2, -0.15) is 0 Å². The molecule has 0 bridgehead atoms. The van der Waals surface area contributed by atoms with Crippen LogP contribution in [-0.4, -0.2) is 6.61 Å². The zero-order valence-corrected chi connectivity index (χ0v) is 16.0. The number of aryl methyl sites for hydroxylation is 1. The Kier molecular flexibility index (Phi) is 5.92. The zero-order chi connectivity index (χ0) is 19.3. The Bertz CT molecular complexity index is 888. The standard InChI is InChI=1S/C24H25FO2/c1-18-8-7-9-20(14-18)24(2,3)17-26-16-19-12-13-22(25)23(15-19)27-21-10-5-4-6-11-21/h4-15H,16-17H2,1-3H3. The summed E-state index contributed by atoms with van der Waals surface area (Å²) in [5, 5.41) is 0. The summed E-state index contributed by atoms with van der Waals surface area (Å²) in [6.45, 7) is 7.39. The monoisotopic (exact) mass is 364 g/mol. The summed E-state index contributed by atoms with van der Waals surface area (Å²) in [5.41, 5.74) is 3.26. The molecule has 0 saturated carbocycles. The van der Waals surface area contributed by atoms with Crippen molar-refractivity contribution in [1.82, 2.24) is 0 Å². The van der Waals surface area contributed by atoms with Crippen molar-refractivity contribution in [2.45, 2.75) is 32.8 Å². The Morgan fingerprint density at radius 1 is 0.889 bits per heavy atom. The van der Waals surface area contributed by atoms with E-state index in [2.05, 4.69) is 45.0 Å². The highest BCUT2D eigenvalue weighted by Crippen LogP contribution is 2.27. The first-order valence-corrected chi connectivity index (χ1v) is 9.10. The lowest BCUT2D eigenvalue weighted by atomic mass is 9.85. The van der Waals surface area contributed by atoms with Crippen LogP contribution in [0, 0.1) is 12.7 Å².